The second-order valence-corrected chi connectivity index (χ2v) is 6.23. The van der Waals surface area contributed by atoms with Crippen LogP contribution in [0.25, 0.3) is 10.9 Å². The van der Waals surface area contributed by atoms with Crippen LogP contribution >= 0.6 is 0 Å². The number of carbonyl (C=O) groups excluding carboxylic acids is 1. The molecule has 0 spiro atoms. The number of benzene rings is 2. The molecule has 0 unspecified atom stereocenters. The predicted molar refractivity (Wildman–Crippen MR) is 87.7 cm³/mol. The van der Waals surface area contributed by atoms with Crippen molar-refractivity contribution in [2.75, 3.05) is 5.32 Å². The molecule has 1 heterocycles. The molecular weight excluding hydrogens is 431 g/mol. The number of nitrogens with one attached hydrogen (secondary N) is 2. The van der Waals surface area contributed by atoms with E-state index in [0.717, 1.165) is 24.3 Å². The molecule has 0 aliphatic carbocycles. The summed E-state index contributed by atoms with van der Waals surface area (Å²) >= 11 is 0. The van der Waals surface area contributed by atoms with Crippen LogP contribution in [0, 0.1) is 0 Å². The van der Waals surface area contributed by atoms with Gasteiger partial charge in [-0.1, -0.05) is 0 Å². The Morgan fingerprint density at radius 2 is 1.23 bits per heavy atom. The molecule has 0 saturated heterocycles. The molecule has 160 valence electrons. The number of rotatable bonds is 2. The van der Waals surface area contributed by atoms with Crippen LogP contribution in [0.15, 0.2) is 42.5 Å². The average molecular weight is 440 g/mol. The summed E-state index contributed by atoms with van der Waals surface area (Å²) in [5.41, 5.74) is -5.26. The van der Waals surface area contributed by atoms with Gasteiger partial charge in [-0.15, -0.1) is 0 Å². The first kappa shape index (κ1) is 21.5. The largest absolute Gasteiger partial charge is 0.416 e. The number of H-pyrrole nitrogens is 1. The summed E-state index contributed by atoms with van der Waals surface area (Å²) < 4.78 is 116. The van der Waals surface area contributed by atoms with Gasteiger partial charge >= 0.3 is 18.5 Å². The van der Waals surface area contributed by atoms with E-state index in [2.05, 4.69) is 4.98 Å². The lowest BCUT2D eigenvalue weighted by Gasteiger charge is -2.14. The highest BCUT2D eigenvalue weighted by atomic mass is 19.4. The van der Waals surface area contributed by atoms with Gasteiger partial charge in [0, 0.05) is 16.6 Å². The lowest BCUT2D eigenvalue weighted by molar-refractivity contribution is -0.143. The molecule has 0 saturated carbocycles. The van der Waals surface area contributed by atoms with Gasteiger partial charge in [0.15, 0.2) is 0 Å². The fourth-order valence-corrected chi connectivity index (χ4v) is 2.66. The van der Waals surface area contributed by atoms with E-state index in [9.17, 15) is 44.3 Å². The molecule has 30 heavy (non-hydrogen) atoms. The highest BCUT2D eigenvalue weighted by molar-refractivity contribution is 6.06. The first-order chi connectivity index (χ1) is 13.6. The van der Waals surface area contributed by atoms with Crippen LogP contribution in [-0.4, -0.2) is 10.9 Å². The zero-order valence-corrected chi connectivity index (χ0v) is 14.4. The van der Waals surface area contributed by atoms with Crippen molar-refractivity contribution in [3.63, 3.8) is 0 Å². The van der Waals surface area contributed by atoms with Gasteiger partial charge in [0.2, 0.25) is 0 Å². The molecule has 12 heteroatoms. The number of hydrogen-bond donors (Lipinski definition) is 2. The Morgan fingerprint density at radius 3 is 1.73 bits per heavy atom. The van der Waals surface area contributed by atoms with Crippen molar-refractivity contribution in [2.45, 2.75) is 18.5 Å². The third-order valence-electron chi connectivity index (χ3n) is 4.04. The summed E-state index contributed by atoms with van der Waals surface area (Å²) in [7, 11) is 0. The standard InChI is InChI=1S/C18H9F9N2O/c19-16(20,21)9-1-2-13-8(3-9)4-14(29-13)15(30)28-12-6-10(17(22,23)24)5-11(7-12)18(25,26)27/h1-7,29H,(H,28,30). The Bertz CT molecular complexity index is 1080. The SMILES string of the molecule is O=C(Nc1cc(C(F)(F)F)cc(C(F)(F)F)c1)c1cc2cc(C(F)(F)F)ccc2[nH]1. The first-order valence-corrected chi connectivity index (χ1v) is 7.95. The number of halogens is 9. The molecule has 0 aliphatic heterocycles. The normalized spacial score (nSPS) is 13.0. The molecule has 0 atom stereocenters. The fourth-order valence-electron chi connectivity index (χ4n) is 2.66. The number of aromatic amines is 1. The summed E-state index contributed by atoms with van der Waals surface area (Å²) in [5, 5.41) is 1.88. The van der Waals surface area contributed by atoms with E-state index in [4.69, 9.17) is 0 Å². The van der Waals surface area contributed by atoms with E-state index in [1.165, 1.54) is 0 Å². The monoisotopic (exact) mass is 440 g/mol. The molecule has 2 aromatic carbocycles. The predicted octanol–water partition coefficient (Wildman–Crippen LogP) is 6.48. The number of aromatic nitrogens is 1. The van der Waals surface area contributed by atoms with Gasteiger partial charge in [-0.05, 0) is 42.5 Å². The van der Waals surface area contributed by atoms with E-state index in [1.807, 2.05) is 5.32 Å². The number of alkyl halides is 9. The van der Waals surface area contributed by atoms with E-state index in [1.54, 1.807) is 0 Å². The minimum Gasteiger partial charge on any atom is -0.351 e. The third kappa shape index (κ3) is 4.52. The van der Waals surface area contributed by atoms with Gasteiger partial charge in [0.1, 0.15) is 5.69 Å². The molecule has 1 amide bonds. The Kier molecular flexibility index (Phi) is 4.99. The second kappa shape index (κ2) is 6.96. The number of amides is 1. The van der Waals surface area contributed by atoms with Crippen molar-refractivity contribution in [2.24, 2.45) is 0 Å². The summed E-state index contributed by atoms with van der Waals surface area (Å²) in [6.07, 6.45) is -14.8. The third-order valence-corrected chi connectivity index (χ3v) is 4.04. The van der Waals surface area contributed by atoms with Crippen molar-refractivity contribution >= 4 is 22.5 Å². The van der Waals surface area contributed by atoms with Crippen molar-refractivity contribution in [3.8, 4) is 0 Å². The lowest BCUT2D eigenvalue weighted by Crippen LogP contribution is -2.16. The zero-order chi connectivity index (χ0) is 22.5. The molecule has 0 radical (unpaired) electrons. The highest BCUT2D eigenvalue weighted by Crippen LogP contribution is 2.38. The fraction of sp³-hybridized carbons (Fsp3) is 0.167. The molecule has 0 aliphatic rings. The minimum atomic E-state index is -5.10. The Morgan fingerprint density at radius 1 is 0.700 bits per heavy atom. The van der Waals surface area contributed by atoms with E-state index in [-0.39, 0.29) is 22.7 Å². The van der Waals surface area contributed by atoms with Crippen LogP contribution in [0.3, 0.4) is 0 Å². The molecule has 3 rings (SSSR count). The van der Waals surface area contributed by atoms with Crippen LogP contribution in [-0.2, 0) is 18.5 Å². The van der Waals surface area contributed by atoms with Gasteiger partial charge in [0.05, 0.1) is 16.7 Å². The van der Waals surface area contributed by atoms with E-state index >= 15 is 0 Å². The van der Waals surface area contributed by atoms with E-state index < -0.39 is 46.8 Å². The summed E-state index contributed by atoms with van der Waals surface area (Å²) in [6, 6.07) is 4.07. The highest BCUT2D eigenvalue weighted by Gasteiger charge is 2.37. The summed E-state index contributed by atoms with van der Waals surface area (Å²) in [6.45, 7) is 0. The van der Waals surface area contributed by atoms with Crippen LogP contribution in [0.1, 0.15) is 27.2 Å². The molecule has 2 N–H and O–H groups in total. The molecular formula is C18H9F9N2O. The van der Waals surface area contributed by atoms with Gasteiger partial charge in [0.25, 0.3) is 5.91 Å². The Balaban J connectivity index is 1.95. The minimum absolute atomic E-state index is 0.0185. The van der Waals surface area contributed by atoms with Crippen molar-refractivity contribution in [3.05, 3.63) is 64.8 Å². The summed E-state index contributed by atoms with van der Waals surface area (Å²) in [4.78, 5) is 14.7. The van der Waals surface area contributed by atoms with Gasteiger partial charge in [-0.2, -0.15) is 39.5 Å². The molecule has 3 nitrogen and oxygen atoms in total. The average Bonchev–Trinajstić information content (AvgIpc) is 3.02. The van der Waals surface area contributed by atoms with Gasteiger partial charge in [-0.25, -0.2) is 0 Å². The Hall–Kier alpha value is -3.18. The Labute approximate surface area is 161 Å². The van der Waals surface area contributed by atoms with Crippen molar-refractivity contribution < 1.29 is 44.3 Å². The number of anilines is 1. The van der Waals surface area contributed by atoms with Gasteiger partial charge < -0.3 is 10.3 Å². The maximum absolute atomic E-state index is 12.9. The van der Waals surface area contributed by atoms with E-state index in [0.29, 0.717) is 12.1 Å². The zero-order valence-electron chi connectivity index (χ0n) is 14.4. The second-order valence-electron chi connectivity index (χ2n) is 6.23. The maximum atomic E-state index is 12.9. The van der Waals surface area contributed by atoms with Crippen molar-refractivity contribution in [1.29, 1.82) is 0 Å². The topological polar surface area (TPSA) is 44.9 Å². The number of hydrogen-bond acceptors (Lipinski definition) is 1. The quantitative estimate of drug-likeness (QED) is 0.441. The van der Waals surface area contributed by atoms with Crippen LogP contribution < -0.4 is 5.32 Å². The molecule has 3 aromatic rings. The number of fused-ring (bicyclic) bond motifs is 1. The van der Waals surface area contributed by atoms with Crippen LogP contribution in [0.5, 0.6) is 0 Å². The number of carbonyl (C=O) groups is 1. The molecule has 0 bridgehead atoms. The lowest BCUT2D eigenvalue weighted by atomic mass is 10.1. The molecule has 0 fully saturated rings. The summed E-state index contributed by atoms with van der Waals surface area (Å²) in [5.74, 6) is -1.13. The van der Waals surface area contributed by atoms with Crippen molar-refractivity contribution in [1.82, 2.24) is 4.98 Å². The van der Waals surface area contributed by atoms with Gasteiger partial charge in [-0.3, -0.25) is 4.79 Å². The molecule has 1 aromatic heterocycles. The van der Waals surface area contributed by atoms with Crippen LogP contribution in [0.2, 0.25) is 0 Å². The smallest absolute Gasteiger partial charge is 0.351 e. The maximum Gasteiger partial charge on any atom is 0.416 e. The first-order valence-electron chi connectivity index (χ1n) is 7.95. The van der Waals surface area contributed by atoms with Crippen LogP contribution in [0.4, 0.5) is 45.2 Å².